The monoisotopic (exact) mass is 254 g/mol. The van der Waals surface area contributed by atoms with Crippen molar-refractivity contribution >= 4 is 15.9 Å². The Morgan fingerprint density at radius 2 is 2.14 bits per heavy atom. The van der Waals surface area contributed by atoms with Crippen molar-refractivity contribution in [2.24, 2.45) is 5.73 Å². The van der Waals surface area contributed by atoms with Crippen molar-refractivity contribution in [2.45, 2.75) is 19.1 Å². The van der Waals surface area contributed by atoms with E-state index < -0.39 is 12.1 Å². The maximum atomic E-state index is 9.31. The van der Waals surface area contributed by atoms with Crippen LogP contribution in [0, 0.1) is 11.3 Å². The Hall–Kier alpha value is -0.890. The van der Waals surface area contributed by atoms with Gasteiger partial charge in [-0.2, -0.15) is 5.26 Å². The summed E-state index contributed by atoms with van der Waals surface area (Å²) >= 11 is 3.28. The standard InChI is InChI=1S/C10H11BrN2O/c1-6(14)10(13)8-2-7(5-12)3-9(11)4-8/h2-4,6,10,14H,13H2,1H3/t6?,10-/m1/s1. The highest BCUT2D eigenvalue weighted by Gasteiger charge is 2.13. The number of benzene rings is 1. The first-order valence-electron chi connectivity index (χ1n) is 4.19. The smallest absolute Gasteiger partial charge is 0.0992 e. The van der Waals surface area contributed by atoms with Crippen molar-refractivity contribution in [1.82, 2.24) is 0 Å². The minimum absolute atomic E-state index is 0.459. The van der Waals surface area contributed by atoms with Gasteiger partial charge in [0.2, 0.25) is 0 Å². The predicted molar refractivity (Wildman–Crippen MR) is 57.5 cm³/mol. The first-order valence-corrected chi connectivity index (χ1v) is 4.98. The maximum Gasteiger partial charge on any atom is 0.0992 e. The Labute approximate surface area is 91.3 Å². The fourth-order valence-electron chi connectivity index (χ4n) is 1.15. The highest BCUT2D eigenvalue weighted by molar-refractivity contribution is 9.10. The van der Waals surface area contributed by atoms with Crippen molar-refractivity contribution in [1.29, 1.82) is 5.26 Å². The number of rotatable bonds is 2. The molecule has 0 amide bonds. The van der Waals surface area contributed by atoms with E-state index in [0.29, 0.717) is 5.56 Å². The molecule has 0 saturated carbocycles. The lowest BCUT2D eigenvalue weighted by atomic mass is 10.0. The quantitative estimate of drug-likeness (QED) is 0.844. The van der Waals surface area contributed by atoms with Crippen LogP contribution in [0.3, 0.4) is 0 Å². The lowest BCUT2D eigenvalue weighted by Crippen LogP contribution is -2.23. The summed E-state index contributed by atoms with van der Waals surface area (Å²) in [5, 5.41) is 18.0. The van der Waals surface area contributed by atoms with E-state index in [1.165, 1.54) is 0 Å². The maximum absolute atomic E-state index is 9.31. The molecule has 74 valence electrons. The normalized spacial score (nSPS) is 14.5. The van der Waals surface area contributed by atoms with Crippen molar-refractivity contribution in [3.63, 3.8) is 0 Å². The molecule has 3 nitrogen and oxygen atoms in total. The molecule has 4 heteroatoms. The van der Waals surface area contributed by atoms with Crippen molar-refractivity contribution in [3.05, 3.63) is 33.8 Å². The van der Waals surface area contributed by atoms with E-state index in [4.69, 9.17) is 11.0 Å². The van der Waals surface area contributed by atoms with Gasteiger partial charge < -0.3 is 10.8 Å². The first kappa shape index (κ1) is 11.2. The largest absolute Gasteiger partial charge is 0.391 e. The molecule has 0 aliphatic carbocycles. The SMILES string of the molecule is CC(O)[C@@H](N)c1cc(Br)cc(C#N)c1. The van der Waals surface area contributed by atoms with Crippen LogP contribution in [0.5, 0.6) is 0 Å². The molecule has 0 aromatic heterocycles. The van der Waals surface area contributed by atoms with Crippen LogP contribution in [-0.4, -0.2) is 11.2 Å². The summed E-state index contributed by atoms with van der Waals surface area (Å²) in [4.78, 5) is 0. The number of hydrogen-bond acceptors (Lipinski definition) is 3. The number of nitriles is 1. The molecule has 0 radical (unpaired) electrons. The van der Waals surface area contributed by atoms with E-state index in [-0.39, 0.29) is 0 Å². The Kier molecular flexibility index (Phi) is 3.64. The molecule has 0 aliphatic rings. The summed E-state index contributed by atoms with van der Waals surface area (Å²) in [6.45, 7) is 1.62. The second-order valence-electron chi connectivity index (χ2n) is 3.15. The molecule has 1 aromatic rings. The van der Waals surface area contributed by atoms with Crippen LogP contribution in [0.1, 0.15) is 24.1 Å². The molecule has 0 spiro atoms. The third kappa shape index (κ3) is 2.55. The molecule has 0 fully saturated rings. The molecule has 0 bridgehead atoms. The summed E-state index contributed by atoms with van der Waals surface area (Å²) in [6, 6.07) is 6.77. The third-order valence-corrected chi connectivity index (χ3v) is 2.41. The molecule has 1 rings (SSSR count). The summed E-state index contributed by atoms with van der Waals surface area (Å²) in [5.41, 5.74) is 7.04. The highest BCUT2D eigenvalue weighted by atomic mass is 79.9. The molecule has 2 atom stereocenters. The van der Waals surface area contributed by atoms with Gasteiger partial charge >= 0.3 is 0 Å². The summed E-state index contributed by atoms with van der Waals surface area (Å²) in [5.74, 6) is 0. The summed E-state index contributed by atoms with van der Waals surface area (Å²) in [7, 11) is 0. The molecule has 0 aliphatic heterocycles. The zero-order chi connectivity index (χ0) is 10.7. The number of aliphatic hydroxyl groups excluding tert-OH is 1. The van der Waals surface area contributed by atoms with Crippen LogP contribution in [0.25, 0.3) is 0 Å². The van der Waals surface area contributed by atoms with Crippen molar-refractivity contribution in [3.8, 4) is 6.07 Å². The Balaban J connectivity index is 3.10. The highest BCUT2D eigenvalue weighted by Crippen LogP contribution is 2.21. The van der Waals surface area contributed by atoms with Gasteiger partial charge in [0.05, 0.1) is 23.8 Å². The van der Waals surface area contributed by atoms with Gasteiger partial charge in [-0.3, -0.25) is 0 Å². The average Bonchev–Trinajstić information content (AvgIpc) is 2.15. The second kappa shape index (κ2) is 4.56. The topological polar surface area (TPSA) is 70.0 Å². The lowest BCUT2D eigenvalue weighted by molar-refractivity contribution is 0.164. The Morgan fingerprint density at radius 3 is 2.64 bits per heavy atom. The van der Waals surface area contributed by atoms with Crippen LogP contribution in [0.15, 0.2) is 22.7 Å². The molecule has 0 heterocycles. The minimum atomic E-state index is -0.629. The van der Waals surface area contributed by atoms with Gasteiger partial charge in [0.25, 0.3) is 0 Å². The molecular formula is C10H11BrN2O. The van der Waals surface area contributed by atoms with Crippen LogP contribution in [-0.2, 0) is 0 Å². The van der Waals surface area contributed by atoms with Crippen molar-refractivity contribution < 1.29 is 5.11 Å². The second-order valence-corrected chi connectivity index (χ2v) is 4.07. The summed E-state index contributed by atoms with van der Waals surface area (Å²) < 4.78 is 0.794. The first-order chi connectivity index (χ1) is 6.54. The zero-order valence-electron chi connectivity index (χ0n) is 7.74. The van der Waals surface area contributed by atoms with Gasteiger partial charge in [0.15, 0.2) is 0 Å². The summed E-state index contributed by atoms with van der Waals surface area (Å²) in [6.07, 6.45) is -0.629. The third-order valence-electron chi connectivity index (χ3n) is 1.95. The molecule has 1 aromatic carbocycles. The molecule has 3 N–H and O–H groups in total. The molecule has 14 heavy (non-hydrogen) atoms. The molecule has 1 unspecified atom stereocenters. The van der Waals surface area contributed by atoms with E-state index in [1.54, 1.807) is 25.1 Å². The van der Waals surface area contributed by atoms with Crippen LogP contribution >= 0.6 is 15.9 Å². The van der Waals surface area contributed by atoms with Crippen LogP contribution in [0.4, 0.5) is 0 Å². The number of nitrogens with zero attached hydrogens (tertiary/aromatic N) is 1. The van der Waals surface area contributed by atoms with Gasteiger partial charge in [-0.25, -0.2) is 0 Å². The number of hydrogen-bond donors (Lipinski definition) is 2. The predicted octanol–water partition coefficient (Wildman–Crippen LogP) is 1.70. The van der Waals surface area contributed by atoms with E-state index >= 15 is 0 Å². The van der Waals surface area contributed by atoms with Crippen LogP contribution < -0.4 is 5.73 Å². The van der Waals surface area contributed by atoms with E-state index in [1.807, 2.05) is 6.07 Å². The fraction of sp³-hybridized carbons (Fsp3) is 0.300. The van der Waals surface area contributed by atoms with Gasteiger partial charge in [0.1, 0.15) is 0 Å². The Morgan fingerprint density at radius 1 is 1.50 bits per heavy atom. The minimum Gasteiger partial charge on any atom is -0.391 e. The van der Waals surface area contributed by atoms with E-state index in [9.17, 15) is 5.11 Å². The lowest BCUT2D eigenvalue weighted by Gasteiger charge is -2.15. The Bertz CT molecular complexity index is 371. The number of aliphatic hydroxyl groups is 1. The fourth-order valence-corrected chi connectivity index (χ4v) is 1.66. The van der Waals surface area contributed by atoms with E-state index in [2.05, 4.69) is 15.9 Å². The zero-order valence-corrected chi connectivity index (χ0v) is 9.32. The van der Waals surface area contributed by atoms with Gasteiger partial charge in [-0.15, -0.1) is 0 Å². The number of nitrogens with two attached hydrogens (primary N) is 1. The van der Waals surface area contributed by atoms with E-state index in [0.717, 1.165) is 10.0 Å². The van der Waals surface area contributed by atoms with Gasteiger partial charge in [-0.1, -0.05) is 15.9 Å². The molecular weight excluding hydrogens is 244 g/mol. The van der Waals surface area contributed by atoms with Gasteiger partial charge in [-0.05, 0) is 30.7 Å². The average molecular weight is 255 g/mol. The number of halogens is 1. The van der Waals surface area contributed by atoms with Crippen LogP contribution in [0.2, 0.25) is 0 Å². The van der Waals surface area contributed by atoms with Gasteiger partial charge in [0, 0.05) is 4.47 Å². The molecule has 0 saturated heterocycles. The van der Waals surface area contributed by atoms with Crippen molar-refractivity contribution in [2.75, 3.05) is 0 Å².